The fourth-order valence-corrected chi connectivity index (χ4v) is 2.79. The minimum Gasteiger partial charge on any atom is -0.336 e. The number of likely N-dealkylation sites (tertiary alicyclic amines) is 1. The van der Waals surface area contributed by atoms with Crippen molar-refractivity contribution >= 4 is 33.2 Å². The van der Waals surface area contributed by atoms with Crippen molar-refractivity contribution in [3.05, 3.63) is 16.6 Å². The molecule has 5 heteroatoms. The van der Waals surface area contributed by atoms with Crippen LogP contribution in [0.1, 0.15) is 23.3 Å². The van der Waals surface area contributed by atoms with Crippen molar-refractivity contribution in [3.8, 4) is 0 Å². The lowest BCUT2D eigenvalue weighted by Gasteiger charge is -2.29. The van der Waals surface area contributed by atoms with Crippen LogP contribution in [0.5, 0.6) is 0 Å². The average Bonchev–Trinajstić information content (AvgIpc) is 2.69. The van der Waals surface area contributed by atoms with Gasteiger partial charge in [0.05, 0.1) is 5.51 Å². The van der Waals surface area contributed by atoms with Gasteiger partial charge in [0.1, 0.15) is 5.69 Å². The molecule has 1 aliphatic heterocycles. The maximum atomic E-state index is 11.9. The van der Waals surface area contributed by atoms with Crippen molar-refractivity contribution < 1.29 is 4.79 Å². The monoisotopic (exact) mass is 274 g/mol. The van der Waals surface area contributed by atoms with Crippen molar-refractivity contribution in [1.29, 1.82) is 0 Å². The van der Waals surface area contributed by atoms with Crippen LogP contribution in [0.4, 0.5) is 0 Å². The largest absolute Gasteiger partial charge is 0.336 e. The molecule has 3 nitrogen and oxygen atoms in total. The van der Waals surface area contributed by atoms with E-state index in [0.29, 0.717) is 10.5 Å². The first-order chi connectivity index (χ1) is 6.77. The minimum absolute atomic E-state index is 0.0652. The van der Waals surface area contributed by atoms with E-state index in [1.807, 2.05) is 4.90 Å². The number of thiazole rings is 1. The molecule has 2 heterocycles. The van der Waals surface area contributed by atoms with Crippen molar-refractivity contribution in [2.24, 2.45) is 0 Å². The Hall–Kier alpha value is -0.420. The number of nitrogens with zero attached hydrogens (tertiary/aromatic N) is 2. The number of carbonyl (C=O) groups excluding carboxylic acids is 1. The second-order valence-corrected chi connectivity index (χ2v) is 5.38. The Morgan fingerprint density at radius 2 is 2.57 bits per heavy atom. The van der Waals surface area contributed by atoms with E-state index in [0.717, 1.165) is 25.9 Å². The van der Waals surface area contributed by atoms with Crippen LogP contribution < -0.4 is 0 Å². The molecule has 1 aromatic rings. The molecule has 1 unspecified atom stereocenters. The van der Waals surface area contributed by atoms with E-state index in [1.165, 1.54) is 11.3 Å². The van der Waals surface area contributed by atoms with E-state index >= 15 is 0 Å². The van der Waals surface area contributed by atoms with Gasteiger partial charge in [-0.3, -0.25) is 4.79 Å². The van der Waals surface area contributed by atoms with Gasteiger partial charge in [-0.25, -0.2) is 4.98 Å². The van der Waals surface area contributed by atoms with Gasteiger partial charge in [0.15, 0.2) is 0 Å². The smallest absolute Gasteiger partial charge is 0.273 e. The van der Waals surface area contributed by atoms with Gasteiger partial charge >= 0.3 is 0 Å². The summed E-state index contributed by atoms with van der Waals surface area (Å²) in [6.45, 7) is 1.66. The Morgan fingerprint density at radius 1 is 1.71 bits per heavy atom. The molecule has 0 aliphatic carbocycles. The fourth-order valence-electron chi connectivity index (χ4n) is 1.59. The summed E-state index contributed by atoms with van der Waals surface area (Å²) in [5.41, 5.74) is 2.28. The molecule has 14 heavy (non-hydrogen) atoms. The predicted octanol–water partition coefficient (Wildman–Crippen LogP) is 2.14. The number of alkyl halides is 1. The predicted molar refractivity (Wildman–Crippen MR) is 60.0 cm³/mol. The third kappa shape index (κ3) is 2.15. The van der Waals surface area contributed by atoms with Gasteiger partial charge in [-0.15, -0.1) is 11.3 Å². The first-order valence-corrected chi connectivity index (χ1v) is 6.45. The van der Waals surface area contributed by atoms with E-state index in [9.17, 15) is 4.79 Å². The van der Waals surface area contributed by atoms with Gasteiger partial charge in [0.25, 0.3) is 5.91 Å². The normalized spacial score (nSPS) is 22.4. The average molecular weight is 275 g/mol. The fraction of sp³-hybridized carbons (Fsp3) is 0.556. The first-order valence-electron chi connectivity index (χ1n) is 4.59. The molecule has 1 amide bonds. The molecule has 0 aromatic carbocycles. The highest BCUT2D eigenvalue weighted by molar-refractivity contribution is 9.09. The Labute approximate surface area is 95.3 Å². The van der Waals surface area contributed by atoms with Gasteiger partial charge in [0, 0.05) is 23.3 Å². The van der Waals surface area contributed by atoms with Crippen molar-refractivity contribution in [3.63, 3.8) is 0 Å². The summed E-state index contributed by atoms with van der Waals surface area (Å²) in [6, 6.07) is 0. The van der Waals surface area contributed by atoms with Crippen LogP contribution in [0.2, 0.25) is 0 Å². The molecule has 0 bridgehead atoms. The zero-order valence-electron chi connectivity index (χ0n) is 7.65. The summed E-state index contributed by atoms with van der Waals surface area (Å²) in [4.78, 5) is 18.2. The minimum atomic E-state index is 0.0652. The number of hydrogen-bond acceptors (Lipinski definition) is 3. The Morgan fingerprint density at radius 3 is 3.21 bits per heavy atom. The third-order valence-corrected chi connectivity index (χ3v) is 3.64. The SMILES string of the molecule is O=C(c1cscn1)N1CCCC(Br)C1. The molecule has 1 aliphatic rings. The molecule has 1 aromatic heterocycles. The van der Waals surface area contributed by atoms with Gasteiger partial charge in [-0.05, 0) is 12.8 Å². The van der Waals surface area contributed by atoms with E-state index in [4.69, 9.17) is 0 Å². The number of amides is 1. The van der Waals surface area contributed by atoms with Crippen molar-refractivity contribution in [2.75, 3.05) is 13.1 Å². The zero-order chi connectivity index (χ0) is 9.97. The third-order valence-electron chi connectivity index (χ3n) is 2.30. The molecule has 2 rings (SSSR count). The molecule has 0 spiro atoms. The Balaban J connectivity index is 2.04. The van der Waals surface area contributed by atoms with Crippen LogP contribution in [-0.4, -0.2) is 33.7 Å². The standard InChI is InChI=1S/C9H11BrN2OS/c10-7-2-1-3-12(4-7)9(13)8-5-14-6-11-8/h5-7H,1-4H2. The van der Waals surface area contributed by atoms with Crippen LogP contribution in [0.25, 0.3) is 0 Å². The number of halogens is 1. The molecule has 0 N–H and O–H groups in total. The van der Waals surface area contributed by atoms with Crippen LogP contribution in [-0.2, 0) is 0 Å². The molecule has 0 saturated carbocycles. The lowest BCUT2D eigenvalue weighted by molar-refractivity contribution is 0.0725. The summed E-state index contributed by atoms with van der Waals surface area (Å²) in [6.07, 6.45) is 2.23. The number of piperidine rings is 1. The topological polar surface area (TPSA) is 33.2 Å². The highest BCUT2D eigenvalue weighted by atomic mass is 79.9. The van der Waals surface area contributed by atoms with E-state index in [-0.39, 0.29) is 5.91 Å². The van der Waals surface area contributed by atoms with E-state index in [2.05, 4.69) is 20.9 Å². The van der Waals surface area contributed by atoms with Gasteiger partial charge in [-0.2, -0.15) is 0 Å². The van der Waals surface area contributed by atoms with Crippen LogP contribution >= 0.6 is 27.3 Å². The summed E-state index contributed by atoms with van der Waals surface area (Å²) in [5.74, 6) is 0.0652. The number of aromatic nitrogens is 1. The first kappa shape index (κ1) is 10.1. The number of carbonyl (C=O) groups is 1. The molecule has 0 radical (unpaired) electrons. The molecule has 1 atom stereocenters. The van der Waals surface area contributed by atoms with Crippen LogP contribution in [0.15, 0.2) is 10.9 Å². The quantitative estimate of drug-likeness (QED) is 0.736. The maximum Gasteiger partial charge on any atom is 0.273 e. The molecule has 76 valence electrons. The second kappa shape index (κ2) is 4.40. The molecular weight excluding hydrogens is 264 g/mol. The van der Waals surface area contributed by atoms with Crippen LogP contribution in [0, 0.1) is 0 Å². The zero-order valence-corrected chi connectivity index (χ0v) is 10.1. The molecule has 1 saturated heterocycles. The van der Waals surface area contributed by atoms with Crippen molar-refractivity contribution in [1.82, 2.24) is 9.88 Å². The Bertz CT molecular complexity index is 315. The highest BCUT2D eigenvalue weighted by Crippen LogP contribution is 2.18. The summed E-state index contributed by atoms with van der Waals surface area (Å²) >= 11 is 5.01. The lowest BCUT2D eigenvalue weighted by Crippen LogP contribution is -2.40. The molecule has 1 fully saturated rings. The van der Waals surface area contributed by atoms with Gasteiger partial charge in [0.2, 0.25) is 0 Å². The second-order valence-electron chi connectivity index (χ2n) is 3.36. The molecular formula is C9H11BrN2OS. The number of rotatable bonds is 1. The van der Waals surface area contributed by atoms with Crippen molar-refractivity contribution in [2.45, 2.75) is 17.7 Å². The van der Waals surface area contributed by atoms with E-state index in [1.54, 1.807) is 10.9 Å². The van der Waals surface area contributed by atoms with E-state index < -0.39 is 0 Å². The maximum absolute atomic E-state index is 11.9. The summed E-state index contributed by atoms with van der Waals surface area (Å²) in [5, 5.41) is 1.81. The van der Waals surface area contributed by atoms with Crippen LogP contribution in [0.3, 0.4) is 0 Å². The summed E-state index contributed by atoms with van der Waals surface area (Å²) in [7, 11) is 0. The lowest BCUT2D eigenvalue weighted by atomic mass is 10.1. The number of hydrogen-bond donors (Lipinski definition) is 0. The summed E-state index contributed by atoms with van der Waals surface area (Å²) < 4.78 is 0. The van der Waals surface area contributed by atoms with Gasteiger partial charge < -0.3 is 4.90 Å². The Kier molecular flexibility index (Phi) is 3.18. The highest BCUT2D eigenvalue weighted by Gasteiger charge is 2.23. The van der Waals surface area contributed by atoms with Gasteiger partial charge in [-0.1, -0.05) is 15.9 Å².